The van der Waals surface area contributed by atoms with Gasteiger partial charge >= 0.3 is 18.3 Å². The minimum absolute atomic E-state index is 0.0321. The van der Waals surface area contributed by atoms with Crippen molar-refractivity contribution in [2.24, 2.45) is 0 Å². The van der Waals surface area contributed by atoms with Crippen LogP contribution in [0.25, 0.3) is 17.3 Å². The van der Waals surface area contributed by atoms with Crippen molar-refractivity contribution in [1.82, 2.24) is 15.4 Å². The Bertz CT molecular complexity index is 1430. The molecule has 0 aliphatic carbocycles. The summed E-state index contributed by atoms with van der Waals surface area (Å²) < 4.78 is 79.6. The van der Waals surface area contributed by atoms with Crippen LogP contribution in [0.3, 0.4) is 0 Å². The first-order chi connectivity index (χ1) is 17.7. The summed E-state index contributed by atoms with van der Waals surface area (Å²) in [6, 6.07) is 8.27. The van der Waals surface area contributed by atoms with E-state index in [0.29, 0.717) is 17.0 Å². The maximum atomic E-state index is 13.2. The number of carbonyl (C=O) groups is 2. The Balaban J connectivity index is 1.58. The number of thiocarbonyl (C=S) groups is 1. The van der Waals surface area contributed by atoms with E-state index < -0.39 is 40.9 Å². The third kappa shape index (κ3) is 6.23. The number of benzene rings is 1. The van der Waals surface area contributed by atoms with Gasteiger partial charge in [0.25, 0.3) is 5.91 Å². The van der Waals surface area contributed by atoms with Crippen molar-refractivity contribution in [3.05, 3.63) is 80.0 Å². The van der Waals surface area contributed by atoms with E-state index in [1.807, 2.05) is 0 Å². The fraction of sp³-hybridized carbons (Fsp3) is 0.130. The molecule has 0 radical (unpaired) electrons. The molecule has 1 aliphatic heterocycles. The van der Waals surface area contributed by atoms with Gasteiger partial charge in [0.2, 0.25) is 0 Å². The number of alkyl halides is 6. The van der Waals surface area contributed by atoms with Crippen LogP contribution in [0.1, 0.15) is 31.4 Å². The summed E-state index contributed by atoms with van der Waals surface area (Å²) in [5, 5.41) is 10.1. The summed E-state index contributed by atoms with van der Waals surface area (Å²) in [4.78, 5) is 28.9. The van der Waals surface area contributed by atoms with Gasteiger partial charge in [-0.25, -0.2) is 20.2 Å². The van der Waals surface area contributed by atoms with Crippen molar-refractivity contribution in [2.45, 2.75) is 18.9 Å². The molecule has 3 aromatic rings. The number of hydrogen-bond donors (Lipinski definition) is 2. The molecule has 0 bridgehead atoms. The zero-order chi connectivity index (χ0) is 27.8. The van der Waals surface area contributed by atoms with Crippen LogP contribution < -0.4 is 5.43 Å². The maximum Gasteiger partial charge on any atom is 0.416 e. The predicted molar refractivity (Wildman–Crippen MR) is 133 cm³/mol. The van der Waals surface area contributed by atoms with Crippen LogP contribution in [-0.2, 0) is 23.7 Å². The Morgan fingerprint density at radius 3 is 2.29 bits per heavy atom. The molecule has 15 heteroatoms. The number of aromatic carboxylic acids is 1. The number of nitrogens with zero attached hydrogens (tertiary/aromatic N) is 2. The second kappa shape index (κ2) is 10.5. The molecule has 1 aromatic carbocycles. The van der Waals surface area contributed by atoms with Crippen molar-refractivity contribution in [3.8, 4) is 11.3 Å². The van der Waals surface area contributed by atoms with Gasteiger partial charge in [-0.3, -0.25) is 4.79 Å². The van der Waals surface area contributed by atoms with Gasteiger partial charge in [0.15, 0.2) is 4.32 Å². The SMILES string of the molecule is O=C(O)c1ccc(CNN2C(=O)C(=Cc3cccc(-c4cc(C(F)(F)F)cc(C(F)(F)F)c4)n3)SC2=S)s1. The molecule has 2 N–H and O–H groups in total. The standard InChI is InChI=1S/C23H13F6N3O3S3/c24-22(25,26)12-6-11(7-13(8-12)23(27,28)29)16-3-1-2-14(31-16)9-18-19(33)32(21(36)38-18)30-10-15-4-5-17(37-15)20(34)35/h1-9,30H,10H2,(H,34,35). The largest absolute Gasteiger partial charge is 0.477 e. The van der Waals surface area contributed by atoms with E-state index >= 15 is 0 Å². The van der Waals surface area contributed by atoms with Crippen LogP contribution in [0.2, 0.25) is 0 Å². The van der Waals surface area contributed by atoms with Crippen molar-refractivity contribution >= 4 is 57.6 Å². The summed E-state index contributed by atoms with van der Waals surface area (Å²) in [7, 11) is 0. The number of rotatable bonds is 6. The molecule has 1 aliphatic rings. The number of nitrogens with one attached hydrogen (secondary N) is 1. The second-order valence-electron chi connectivity index (χ2n) is 7.67. The van der Waals surface area contributed by atoms with Gasteiger partial charge in [-0.1, -0.05) is 30.0 Å². The minimum Gasteiger partial charge on any atom is -0.477 e. The van der Waals surface area contributed by atoms with E-state index in [4.69, 9.17) is 17.3 Å². The van der Waals surface area contributed by atoms with Crippen LogP contribution in [0.5, 0.6) is 0 Å². The lowest BCUT2D eigenvalue weighted by Crippen LogP contribution is -2.40. The molecule has 0 spiro atoms. The summed E-state index contributed by atoms with van der Waals surface area (Å²) in [5.41, 5.74) is -0.573. The quantitative estimate of drug-likeness (QED) is 0.194. The van der Waals surface area contributed by atoms with Crippen molar-refractivity contribution in [2.75, 3.05) is 0 Å². The summed E-state index contributed by atoms with van der Waals surface area (Å²) >= 11 is 7.15. The number of pyridine rings is 1. The zero-order valence-electron chi connectivity index (χ0n) is 18.6. The highest BCUT2D eigenvalue weighted by Gasteiger charge is 2.37. The van der Waals surface area contributed by atoms with E-state index in [9.17, 15) is 35.9 Å². The Hall–Kier alpha value is -3.27. The van der Waals surface area contributed by atoms with E-state index in [0.717, 1.165) is 28.1 Å². The number of carbonyl (C=O) groups excluding carboxylic acids is 1. The number of halogens is 6. The Morgan fingerprint density at radius 2 is 1.71 bits per heavy atom. The highest BCUT2D eigenvalue weighted by atomic mass is 32.2. The number of carboxylic acid groups (broad SMARTS) is 1. The van der Waals surface area contributed by atoms with Crippen molar-refractivity contribution in [1.29, 1.82) is 0 Å². The van der Waals surface area contributed by atoms with Gasteiger partial charge in [-0.05, 0) is 48.5 Å². The second-order valence-corrected chi connectivity index (χ2v) is 10.5. The van der Waals surface area contributed by atoms with Crippen molar-refractivity contribution in [3.63, 3.8) is 0 Å². The molecule has 198 valence electrons. The van der Waals surface area contributed by atoms with E-state index in [2.05, 4.69) is 10.4 Å². The van der Waals surface area contributed by atoms with Crippen LogP contribution in [0.4, 0.5) is 26.3 Å². The highest BCUT2D eigenvalue weighted by molar-refractivity contribution is 8.26. The number of hydrogen-bond acceptors (Lipinski definition) is 7. The molecular weight excluding hydrogens is 576 g/mol. The normalized spacial score (nSPS) is 15.5. The molecule has 3 heterocycles. The topological polar surface area (TPSA) is 82.5 Å². The van der Waals surface area contributed by atoms with Crippen LogP contribution in [0.15, 0.2) is 53.4 Å². The van der Waals surface area contributed by atoms with Crippen LogP contribution in [0, 0.1) is 0 Å². The minimum atomic E-state index is -5.01. The first-order valence-electron chi connectivity index (χ1n) is 10.3. The molecule has 38 heavy (non-hydrogen) atoms. The highest BCUT2D eigenvalue weighted by Crippen LogP contribution is 2.38. The van der Waals surface area contributed by atoms with Gasteiger partial charge in [0.1, 0.15) is 4.88 Å². The molecular formula is C23H13F6N3O3S3. The molecule has 0 saturated carbocycles. The maximum absolute atomic E-state index is 13.2. The monoisotopic (exact) mass is 589 g/mol. The van der Waals surface area contributed by atoms with Crippen LogP contribution >= 0.6 is 35.3 Å². The average Bonchev–Trinajstić information content (AvgIpc) is 3.41. The summed E-state index contributed by atoms with van der Waals surface area (Å²) in [6.45, 7) is 0.114. The van der Waals surface area contributed by atoms with Gasteiger partial charge < -0.3 is 5.11 Å². The first kappa shape index (κ1) is 27.8. The third-order valence-corrected chi connectivity index (χ3v) is 7.39. The molecule has 6 nitrogen and oxygen atoms in total. The first-order valence-corrected chi connectivity index (χ1v) is 12.4. The molecule has 1 saturated heterocycles. The fourth-order valence-electron chi connectivity index (χ4n) is 3.28. The number of thiophene rings is 1. The zero-order valence-corrected chi connectivity index (χ0v) is 21.0. The van der Waals surface area contributed by atoms with E-state index in [-0.39, 0.29) is 38.1 Å². The van der Waals surface area contributed by atoms with Gasteiger partial charge in [-0.15, -0.1) is 11.3 Å². The molecule has 1 fully saturated rings. The lowest BCUT2D eigenvalue weighted by molar-refractivity contribution is -0.143. The Labute approximate surface area is 224 Å². The smallest absolute Gasteiger partial charge is 0.416 e. The van der Waals surface area contributed by atoms with Crippen LogP contribution in [-0.4, -0.2) is 31.3 Å². The number of hydrazine groups is 1. The van der Waals surface area contributed by atoms with E-state index in [1.165, 1.54) is 30.3 Å². The van der Waals surface area contributed by atoms with Gasteiger partial charge in [-0.2, -0.15) is 26.3 Å². The molecule has 4 rings (SSSR count). The van der Waals surface area contributed by atoms with Gasteiger partial charge in [0.05, 0.1) is 34.0 Å². The number of amides is 1. The molecule has 2 aromatic heterocycles. The molecule has 1 amide bonds. The lowest BCUT2D eigenvalue weighted by atomic mass is 10.0. The van der Waals surface area contributed by atoms with Gasteiger partial charge in [0, 0.05) is 10.4 Å². The fourth-order valence-corrected chi connectivity index (χ4v) is 5.26. The van der Waals surface area contributed by atoms with E-state index in [1.54, 1.807) is 6.07 Å². The molecule has 0 atom stereocenters. The molecule has 0 unspecified atom stereocenters. The lowest BCUT2D eigenvalue weighted by Gasteiger charge is -2.15. The summed E-state index contributed by atoms with van der Waals surface area (Å²) in [5.74, 6) is -1.63. The Morgan fingerprint density at radius 1 is 1.05 bits per heavy atom. The van der Waals surface area contributed by atoms with Crippen molar-refractivity contribution < 1.29 is 41.0 Å². The predicted octanol–water partition coefficient (Wildman–Crippen LogP) is 6.45. The number of aromatic nitrogens is 1. The summed E-state index contributed by atoms with van der Waals surface area (Å²) in [6.07, 6.45) is -8.70. The Kier molecular flexibility index (Phi) is 7.65. The number of carboxylic acids is 1. The third-order valence-electron chi connectivity index (χ3n) is 5.01. The number of thioether (sulfide) groups is 1. The average molecular weight is 590 g/mol.